The van der Waals surface area contributed by atoms with Gasteiger partial charge >= 0.3 is 0 Å². The molecule has 2 rings (SSSR count). The molecular weight excluding hydrogens is 291 g/mol. The second-order valence-electron chi connectivity index (χ2n) is 3.35. The topological polar surface area (TPSA) is 34.1 Å². The van der Waals surface area contributed by atoms with Gasteiger partial charge in [-0.2, -0.15) is 0 Å². The first kappa shape index (κ1) is 13.3. The Morgan fingerprint density at radius 1 is 1.22 bits per heavy atom. The lowest BCUT2D eigenvalue weighted by molar-refractivity contribution is 0.463. The van der Waals surface area contributed by atoms with Crippen molar-refractivity contribution >= 4 is 40.8 Å². The highest BCUT2D eigenvalue weighted by molar-refractivity contribution is 7.99. The summed E-state index contributed by atoms with van der Waals surface area (Å²) >= 11 is 13.7. The van der Waals surface area contributed by atoms with E-state index in [1.807, 2.05) is 18.4 Å². The number of hydrogen-bond donors (Lipinski definition) is 1. The highest BCUT2D eigenvalue weighted by Crippen LogP contribution is 2.38. The summed E-state index contributed by atoms with van der Waals surface area (Å²) in [6.07, 6.45) is 3.56. The van der Waals surface area contributed by atoms with E-state index in [4.69, 9.17) is 27.9 Å². The van der Waals surface area contributed by atoms with Crippen molar-refractivity contribution in [2.45, 2.75) is 0 Å². The summed E-state index contributed by atoms with van der Waals surface area (Å²) in [7, 11) is 0. The molecule has 0 saturated carbocycles. The minimum atomic E-state index is 0.406. The Hall–Kier alpha value is -1.10. The zero-order valence-corrected chi connectivity index (χ0v) is 11.8. The molecule has 0 atom stereocenters. The highest BCUT2D eigenvalue weighted by Gasteiger charge is 2.11. The molecule has 94 valence electrons. The fourth-order valence-corrected chi connectivity index (χ4v) is 2.26. The van der Waals surface area contributed by atoms with E-state index in [0.717, 1.165) is 5.69 Å². The molecule has 3 nitrogen and oxygen atoms in total. The standard InChI is InChI=1S/C12H10Cl2N2OS/c1-18-16-8-6-9(13)12(10(14)7-8)17-11-4-2-3-5-15-11/h2-7,16H,1H3. The molecule has 0 amide bonds. The summed E-state index contributed by atoms with van der Waals surface area (Å²) in [5.74, 6) is 0.857. The van der Waals surface area contributed by atoms with Gasteiger partial charge in [-0.25, -0.2) is 4.98 Å². The Labute approximate surface area is 120 Å². The predicted octanol–water partition coefficient (Wildman–Crippen LogP) is 4.87. The zero-order chi connectivity index (χ0) is 13.0. The number of nitrogens with one attached hydrogen (secondary N) is 1. The van der Waals surface area contributed by atoms with Crippen molar-refractivity contribution in [3.8, 4) is 11.6 Å². The van der Waals surface area contributed by atoms with Gasteiger partial charge in [0.1, 0.15) is 0 Å². The van der Waals surface area contributed by atoms with Crippen LogP contribution in [0.2, 0.25) is 10.0 Å². The van der Waals surface area contributed by atoms with Crippen LogP contribution in [0, 0.1) is 0 Å². The molecule has 6 heteroatoms. The van der Waals surface area contributed by atoms with Crippen LogP contribution in [0.15, 0.2) is 36.5 Å². The maximum atomic E-state index is 6.13. The number of halogens is 2. The summed E-state index contributed by atoms with van der Waals surface area (Å²) in [6.45, 7) is 0. The normalized spacial score (nSPS) is 10.2. The molecule has 1 heterocycles. The Bertz CT molecular complexity index is 514. The number of ether oxygens (including phenoxy) is 1. The summed E-state index contributed by atoms with van der Waals surface area (Å²) in [6, 6.07) is 8.88. The SMILES string of the molecule is CSNc1cc(Cl)c(Oc2ccccn2)c(Cl)c1. The minimum absolute atomic E-state index is 0.406. The van der Waals surface area contributed by atoms with Crippen molar-refractivity contribution < 1.29 is 4.74 Å². The first-order valence-corrected chi connectivity index (χ1v) is 7.05. The van der Waals surface area contributed by atoms with Crippen LogP contribution in [-0.4, -0.2) is 11.2 Å². The number of nitrogens with zero attached hydrogens (tertiary/aromatic N) is 1. The van der Waals surface area contributed by atoms with Gasteiger partial charge in [-0.3, -0.25) is 0 Å². The Morgan fingerprint density at radius 2 is 1.94 bits per heavy atom. The van der Waals surface area contributed by atoms with Crippen molar-refractivity contribution in [3.63, 3.8) is 0 Å². The minimum Gasteiger partial charge on any atom is -0.436 e. The lowest BCUT2D eigenvalue weighted by atomic mass is 10.3. The molecule has 18 heavy (non-hydrogen) atoms. The summed E-state index contributed by atoms with van der Waals surface area (Å²) in [4.78, 5) is 4.06. The molecule has 1 aromatic carbocycles. The fourth-order valence-electron chi connectivity index (χ4n) is 1.35. The molecule has 0 bridgehead atoms. The second kappa shape index (κ2) is 6.18. The third kappa shape index (κ3) is 3.22. The molecule has 0 fully saturated rings. The van der Waals surface area contributed by atoms with Crippen molar-refractivity contribution in [3.05, 3.63) is 46.6 Å². The number of aromatic nitrogens is 1. The number of benzene rings is 1. The van der Waals surface area contributed by atoms with Crippen LogP contribution in [0.4, 0.5) is 5.69 Å². The fraction of sp³-hybridized carbons (Fsp3) is 0.0833. The summed E-state index contributed by atoms with van der Waals surface area (Å²) < 4.78 is 8.62. The second-order valence-corrected chi connectivity index (χ2v) is 4.77. The lowest BCUT2D eigenvalue weighted by Gasteiger charge is -2.10. The molecule has 2 aromatic rings. The maximum Gasteiger partial charge on any atom is 0.219 e. The zero-order valence-electron chi connectivity index (χ0n) is 9.48. The molecular formula is C12H10Cl2N2OS. The molecule has 0 spiro atoms. The average Bonchev–Trinajstić information content (AvgIpc) is 2.36. The van der Waals surface area contributed by atoms with Gasteiger partial charge in [0.05, 0.1) is 10.0 Å². The molecule has 0 aliphatic rings. The first-order valence-electron chi connectivity index (χ1n) is 5.07. The van der Waals surface area contributed by atoms with Gasteiger partial charge in [-0.15, -0.1) is 0 Å². The van der Waals surface area contributed by atoms with Gasteiger partial charge in [0, 0.05) is 24.2 Å². The van der Waals surface area contributed by atoms with E-state index in [-0.39, 0.29) is 0 Å². The third-order valence-electron chi connectivity index (χ3n) is 2.06. The van der Waals surface area contributed by atoms with Crippen molar-refractivity contribution in [1.29, 1.82) is 0 Å². The molecule has 0 radical (unpaired) electrons. The van der Waals surface area contributed by atoms with Crippen LogP contribution in [0.5, 0.6) is 11.6 Å². The van der Waals surface area contributed by atoms with E-state index in [9.17, 15) is 0 Å². The first-order chi connectivity index (χ1) is 8.70. The van der Waals surface area contributed by atoms with E-state index in [1.54, 1.807) is 24.4 Å². The summed E-state index contributed by atoms with van der Waals surface area (Å²) in [5, 5.41) is 0.870. The Kier molecular flexibility index (Phi) is 4.58. The summed E-state index contributed by atoms with van der Waals surface area (Å²) in [5.41, 5.74) is 0.825. The van der Waals surface area contributed by atoms with Crippen LogP contribution in [0.3, 0.4) is 0 Å². The van der Waals surface area contributed by atoms with E-state index in [1.165, 1.54) is 11.9 Å². The number of hydrogen-bond acceptors (Lipinski definition) is 4. The molecule has 0 aliphatic carbocycles. The number of rotatable bonds is 4. The lowest BCUT2D eigenvalue weighted by Crippen LogP contribution is -1.91. The molecule has 1 aromatic heterocycles. The molecule has 1 N–H and O–H groups in total. The maximum absolute atomic E-state index is 6.13. The van der Waals surface area contributed by atoms with Crippen molar-refractivity contribution in [1.82, 2.24) is 4.98 Å². The number of pyridine rings is 1. The van der Waals surface area contributed by atoms with Gasteiger partial charge in [0.25, 0.3) is 0 Å². The van der Waals surface area contributed by atoms with E-state index >= 15 is 0 Å². The molecule has 0 saturated heterocycles. The van der Waals surface area contributed by atoms with Gasteiger partial charge in [-0.1, -0.05) is 41.2 Å². The van der Waals surface area contributed by atoms with Crippen LogP contribution < -0.4 is 9.46 Å². The predicted molar refractivity (Wildman–Crippen MR) is 77.9 cm³/mol. The van der Waals surface area contributed by atoms with Crippen LogP contribution in [-0.2, 0) is 0 Å². The highest BCUT2D eigenvalue weighted by atomic mass is 35.5. The van der Waals surface area contributed by atoms with E-state index in [2.05, 4.69) is 9.71 Å². The van der Waals surface area contributed by atoms with E-state index in [0.29, 0.717) is 21.7 Å². The number of anilines is 1. The third-order valence-corrected chi connectivity index (χ3v) is 3.06. The molecule has 0 aliphatic heterocycles. The van der Waals surface area contributed by atoms with Crippen LogP contribution in [0.1, 0.15) is 0 Å². The van der Waals surface area contributed by atoms with Crippen molar-refractivity contribution in [2.75, 3.05) is 11.0 Å². The van der Waals surface area contributed by atoms with Crippen LogP contribution in [0.25, 0.3) is 0 Å². The van der Waals surface area contributed by atoms with Crippen LogP contribution >= 0.6 is 35.1 Å². The quantitative estimate of drug-likeness (QED) is 0.817. The van der Waals surface area contributed by atoms with Gasteiger partial charge in [0.15, 0.2) is 5.75 Å². The smallest absolute Gasteiger partial charge is 0.219 e. The van der Waals surface area contributed by atoms with Crippen molar-refractivity contribution in [2.24, 2.45) is 0 Å². The van der Waals surface area contributed by atoms with Gasteiger partial charge in [0.2, 0.25) is 5.88 Å². The van der Waals surface area contributed by atoms with Gasteiger partial charge < -0.3 is 9.46 Å². The Morgan fingerprint density at radius 3 is 2.50 bits per heavy atom. The monoisotopic (exact) mass is 300 g/mol. The largest absolute Gasteiger partial charge is 0.436 e. The van der Waals surface area contributed by atoms with Gasteiger partial charge in [-0.05, 0) is 18.2 Å². The molecule has 0 unspecified atom stereocenters. The average molecular weight is 301 g/mol. The van der Waals surface area contributed by atoms with E-state index < -0.39 is 0 Å². The Balaban J connectivity index is 2.28.